The number of nitrogens with one attached hydrogen (secondary N) is 2. The lowest BCUT2D eigenvalue weighted by Crippen LogP contribution is -2.18. The summed E-state index contributed by atoms with van der Waals surface area (Å²) in [5.74, 6) is -1.06. The standard InChI is InChI=1S/C14H15N3O3/c1-3-20-14(19)12-11(15-8-16-12)13(18)17-10-6-4-5-9(2)7-10/h4-8H,3H2,1-2H3,(H,15,16)(H,17,18). The van der Waals surface area contributed by atoms with Crippen LogP contribution in [0, 0.1) is 6.92 Å². The van der Waals surface area contributed by atoms with Crippen molar-refractivity contribution in [3.63, 3.8) is 0 Å². The molecule has 0 aliphatic rings. The third kappa shape index (κ3) is 3.03. The zero-order chi connectivity index (χ0) is 14.5. The summed E-state index contributed by atoms with van der Waals surface area (Å²) in [4.78, 5) is 30.3. The van der Waals surface area contributed by atoms with Crippen LogP contribution >= 0.6 is 0 Å². The highest BCUT2D eigenvalue weighted by atomic mass is 16.5. The molecule has 0 spiro atoms. The monoisotopic (exact) mass is 273 g/mol. The van der Waals surface area contributed by atoms with Gasteiger partial charge in [0.25, 0.3) is 5.91 Å². The van der Waals surface area contributed by atoms with Gasteiger partial charge in [0.15, 0.2) is 11.4 Å². The smallest absolute Gasteiger partial charge is 0.357 e. The molecule has 6 nitrogen and oxygen atoms in total. The fourth-order valence-corrected chi connectivity index (χ4v) is 1.74. The zero-order valence-corrected chi connectivity index (χ0v) is 11.3. The maximum atomic E-state index is 12.1. The molecule has 2 rings (SSSR count). The summed E-state index contributed by atoms with van der Waals surface area (Å²) in [6, 6.07) is 7.35. The molecular weight excluding hydrogens is 258 g/mol. The first-order chi connectivity index (χ1) is 9.61. The first-order valence-corrected chi connectivity index (χ1v) is 6.20. The van der Waals surface area contributed by atoms with Crippen LogP contribution in [0.2, 0.25) is 0 Å². The Morgan fingerprint density at radius 2 is 2.20 bits per heavy atom. The number of rotatable bonds is 4. The van der Waals surface area contributed by atoms with Crippen molar-refractivity contribution < 1.29 is 14.3 Å². The van der Waals surface area contributed by atoms with Crippen molar-refractivity contribution in [1.29, 1.82) is 0 Å². The van der Waals surface area contributed by atoms with E-state index in [0.29, 0.717) is 5.69 Å². The molecule has 0 aliphatic heterocycles. The number of hydrogen-bond acceptors (Lipinski definition) is 4. The van der Waals surface area contributed by atoms with E-state index in [-0.39, 0.29) is 18.0 Å². The normalized spacial score (nSPS) is 10.1. The van der Waals surface area contributed by atoms with Gasteiger partial charge in [0.2, 0.25) is 0 Å². The lowest BCUT2D eigenvalue weighted by atomic mass is 10.2. The molecule has 0 atom stereocenters. The summed E-state index contributed by atoms with van der Waals surface area (Å²) < 4.78 is 4.86. The molecule has 0 radical (unpaired) electrons. The van der Waals surface area contributed by atoms with Crippen molar-refractivity contribution in [1.82, 2.24) is 9.97 Å². The number of aryl methyl sites for hydroxylation is 1. The fraction of sp³-hybridized carbons (Fsp3) is 0.214. The van der Waals surface area contributed by atoms with Crippen molar-refractivity contribution in [2.45, 2.75) is 13.8 Å². The number of benzene rings is 1. The Labute approximate surface area is 116 Å². The third-order valence-electron chi connectivity index (χ3n) is 2.61. The van der Waals surface area contributed by atoms with Gasteiger partial charge in [0, 0.05) is 5.69 Å². The molecule has 0 unspecified atom stereocenters. The van der Waals surface area contributed by atoms with E-state index in [1.807, 2.05) is 25.1 Å². The molecular formula is C14H15N3O3. The number of hydrogen-bond donors (Lipinski definition) is 2. The highest BCUT2D eigenvalue weighted by Crippen LogP contribution is 2.12. The minimum atomic E-state index is -0.598. The van der Waals surface area contributed by atoms with Crippen molar-refractivity contribution in [3.05, 3.63) is 47.5 Å². The molecule has 0 aliphatic carbocycles. The molecule has 104 valence electrons. The van der Waals surface area contributed by atoms with Crippen LogP contribution in [0.3, 0.4) is 0 Å². The molecule has 0 fully saturated rings. The van der Waals surface area contributed by atoms with E-state index in [2.05, 4.69) is 15.3 Å². The molecule has 0 saturated heterocycles. The van der Waals surface area contributed by atoms with Crippen LogP contribution in [0.25, 0.3) is 0 Å². The SMILES string of the molecule is CCOC(=O)c1[nH]cnc1C(=O)Nc1cccc(C)c1. The Morgan fingerprint density at radius 3 is 2.90 bits per heavy atom. The van der Waals surface area contributed by atoms with Crippen LogP contribution < -0.4 is 5.32 Å². The van der Waals surface area contributed by atoms with E-state index in [9.17, 15) is 9.59 Å². The van der Waals surface area contributed by atoms with Crippen LogP contribution in [-0.2, 0) is 4.74 Å². The Morgan fingerprint density at radius 1 is 1.40 bits per heavy atom. The maximum Gasteiger partial charge on any atom is 0.357 e. The number of carbonyl (C=O) groups excluding carboxylic acids is 2. The predicted octanol–water partition coefficient (Wildman–Crippen LogP) is 2.15. The summed E-state index contributed by atoms with van der Waals surface area (Å²) >= 11 is 0. The Bertz CT molecular complexity index is 634. The molecule has 6 heteroatoms. The van der Waals surface area contributed by atoms with Crippen LogP contribution in [-0.4, -0.2) is 28.5 Å². The maximum absolute atomic E-state index is 12.1. The number of aromatic amines is 1. The zero-order valence-electron chi connectivity index (χ0n) is 11.3. The van der Waals surface area contributed by atoms with Gasteiger partial charge < -0.3 is 15.0 Å². The number of esters is 1. The second kappa shape index (κ2) is 6.01. The van der Waals surface area contributed by atoms with Crippen LogP contribution in [0.4, 0.5) is 5.69 Å². The number of imidazole rings is 1. The van der Waals surface area contributed by atoms with Crippen LogP contribution in [0.5, 0.6) is 0 Å². The second-order valence-corrected chi connectivity index (χ2v) is 4.17. The Balaban J connectivity index is 2.18. The van der Waals surface area contributed by atoms with Gasteiger partial charge >= 0.3 is 5.97 Å². The van der Waals surface area contributed by atoms with Crippen LogP contribution in [0.15, 0.2) is 30.6 Å². The van der Waals surface area contributed by atoms with Crippen molar-refractivity contribution in [2.75, 3.05) is 11.9 Å². The van der Waals surface area contributed by atoms with E-state index in [0.717, 1.165) is 5.56 Å². The first kappa shape index (κ1) is 13.8. The molecule has 1 amide bonds. The van der Waals surface area contributed by atoms with E-state index in [1.165, 1.54) is 6.33 Å². The quantitative estimate of drug-likeness (QED) is 0.836. The highest BCUT2D eigenvalue weighted by molar-refractivity contribution is 6.08. The number of aromatic nitrogens is 2. The number of carbonyl (C=O) groups is 2. The molecule has 1 heterocycles. The lowest BCUT2D eigenvalue weighted by molar-refractivity contribution is 0.0517. The van der Waals surface area contributed by atoms with Gasteiger partial charge in [0.05, 0.1) is 12.9 Å². The summed E-state index contributed by atoms with van der Waals surface area (Å²) in [5, 5.41) is 2.69. The van der Waals surface area contributed by atoms with Crippen molar-refractivity contribution >= 4 is 17.6 Å². The third-order valence-corrected chi connectivity index (χ3v) is 2.61. The van der Waals surface area contributed by atoms with E-state index in [1.54, 1.807) is 13.0 Å². The van der Waals surface area contributed by atoms with E-state index >= 15 is 0 Å². The number of ether oxygens (including phenoxy) is 1. The van der Waals surface area contributed by atoms with Gasteiger partial charge in [-0.25, -0.2) is 9.78 Å². The number of H-pyrrole nitrogens is 1. The minimum Gasteiger partial charge on any atom is -0.461 e. The predicted molar refractivity (Wildman–Crippen MR) is 73.7 cm³/mol. The van der Waals surface area contributed by atoms with Gasteiger partial charge in [-0.2, -0.15) is 0 Å². The molecule has 0 bridgehead atoms. The largest absolute Gasteiger partial charge is 0.461 e. The average molecular weight is 273 g/mol. The van der Waals surface area contributed by atoms with Crippen molar-refractivity contribution in [3.8, 4) is 0 Å². The van der Waals surface area contributed by atoms with Crippen molar-refractivity contribution in [2.24, 2.45) is 0 Å². The van der Waals surface area contributed by atoms with Gasteiger partial charge in [-0.1, -0.05) is 12.1 Å². The topological polar surface area (TPSA) is 84.1 Å². The summed E-state index contributed by atoms with van der Waals surface area (Å²) in [5.41, 5.74) is 1.74. The Kier molecular flexibility index (Phi) is 4.14. The number of nitrogens with zero attached hydrogens (tertiary/aromatic N) is 1. The van der Waals surface area contributed by atoms with Gasteiger partial charge in [-0.3, -0.25) is 4.79 Å². The molecule has 2 aromatic rings. The Hall–Kier alpha value is -2.63. The molecule has 20 heavy (non-hydrogen) atoms. The minimum absolute atomic E-state index is 0.0185. The van der Waals surface area contributed by atoms with Crippen LogP contribution in [0.1, 0.15) is 33.5 Å². The van der Waals surface area contributed by atoms with Gasteiger partial charge in [-0.05, 0) is 31.5 Å². The summed E-state index contributed by atoms with van der Waals surface area (Å²) in [7, 11) is 0. The molecule has 0 saturated carbocycles. The fourth-order valence-electron chi connectivity index (χ4n) is 1.74. The average Bonchev–Trinajstić information content (AvgIpc) is 2.88. The summed E-state index contributed by atoms with van der Waals surface area (Å²) in [6.45, 7) is 3.85. The van der Waals surface area contributed by atoms with E-state index < -0.39 is 11.9 Å². The summed E-state index contributed by atoms with van der Waals surface area (Å²) in [6.07, 6.45) is 1.29. The highest BCUT2D eigenvalue weighted by Gasteiger charge is 2.21. The molecule has 2 N–H and O–H groups in total. The number of amides is 1. The van der Waals surface area contributed by atoms with Gasteiger partial charge in [0.1, 0.15) is 0 Å². The van der Waals surface area contributed by atoms with E-state index in [4.69, 9.17) is 4.74 Å². The second-order valence-electron chi connectivity index (χ2n) is 4.17. The number of anilines is 1. The lowest BCUT2D eigenvalue weighted by Gasteiger charge is -2.05. The first-order valence-electron chi connectivity index (χ1n) is 6.20. The molecule has 1 aromatic heterocycles. The molecule has 1 aromatic carbocycles. The van der Waals surface area contributed by atoms with Gasteiger partial charge in [-0.15, -0.1) is 0 Å².